The molecule has 0 atom stereocenters. The summed E-state index contributed by atoms with van der Waals surface area (Å²) >= 11 is 0. The molecule has 0 spiro atoms. The zero-order valence-corrected chi connectivity index (χ0v) is 24.1. The molecule has 6 rings (SSSR count). The molecule has 2 heteroatoms. The van der Waals surface area contributed by atoms with E-state index in [0.717, 1.165) is 68.2 Å². The third-order valence-corrected chi connectivity index (χ3v) is 7.67. The number of allylic oxidation sites excluding steroid dienone is 2. The molecule has 2 nitrogen and oxygen atoms in total. The number of benzene rings is 6. The van der Waals surface area contributed by atoms with Crippen LogP contribution in [0.5, 0.6) is 0 Å². The zero-order chi connectivity index (χ0) is 30.1. The first-order valence-electron chi connectivity index (χ1n) is 14.6. The summed E-state index contributed by atoms with van der Waals surface area (Å²) in [4.78, 5) is 23.2. The summed E-state index contributed by atoms with van der Waals surface area (Å²) < 4.78 is 0. The van der Waals surface area contributed by atoms with Crippen LogP contribution in [0.25, 0.3) is 22.3 Å². The Morgan fingerprint density at radius 1 is 0.295 bits per heavy atom. The van der Waals surface area contributed by atoms with Crippen molar-refractivity contribution in [1.82, 2.24) is 0 Å². The highest BCUT2D eigenvalue weighted by Gasteiger charge is 2.24. The van der Waals surface area contributed by atoms with Crippen molar-refractivity contribution in [2.24, 2.45) is 0 Å². The smallest absolute Gasteiger partial charge is 0.150 e. The van der Waals surface area contributed by atoms with E-state index in [9.17, 15) is 9.59 Å². The monoisotopic (exact) mass is 566 g/mol. The summed E-state index contributed by atoms with van der Waals surface area (Å²) in [5.41, 5.74) is 11.7. The summed E-state index contributed by atoms with van der Waals surface area (Å²) in [5, 5.41) is 0. The van der Waals surface area contributed by atoms with E-state index < -0.39 is 0 Å². The molecular weight excluding hydrogens is 536 g/mol. The van der Waals surface area contributed by atoms with Gasteiger partial charge < -0.3 is 0 Å². The van der Waals surface area contributed by atoms with Crippen LogP contribution in [0, 0.1) is 0 Å². The van der Waals surface area contributed by atoms with Crippen LogP contribution >= 0.6 is 0 Å². The molecule has 0 fully saturated rings. The SMILES string of the molecule is O=Cc1ccc(/C(=C(/C(=C(\c2ccccc2)c2ccc(C=O)cc2)c2ccccc2)c2ccccc2)c2ccccc2)cc1. The molecule has 0 radical (unpaired) electrons. The Balaban J connectivity index is 1.85. The fourth-order valence-corrected chi connectivity index (χ4v) is 5.61. The van der Waals surface area contributed by atoms with Gasteiger partial charge in [0.05, 0.1) is 0 Å². The van der Waals surface area contributed by atoms with Gasteiger partial charge >= 0.3 is 0 Å². The van der Waals surface area contributed by atoms with Crippen LogP contribution in [0.3, 0.4) is 0 Å². The molecule has 0 heterocycles. The Morgan fingerprint density at radius 2 is 0.545 bits per heavy atom. The standard InChI is InChI=1S/C42H30O2/c43-29-31-21-25-37(26-22-31)39(33-13-5-1-6-14-33)41(35-17-9-3-10-18-35)42(36-19-11-4-12-20-36)40(34-15-7-2-8-16-34)38-27-23-32(30-44)24-28-38/h1-30H/b41-39+,42-40+. The number of carbonyl (C=O) groups is 2. The molecule has 0 amide bonds. The maximum Gasteiger partial charge on any atom is 0.150 e. The van der Waals surface area contributed by atoms with E-state index in [2.05, 4.69) is 97.1 Å². The van der Waals surface area contributed by atoms with Gasteiger partial charge in [-0.2, -0.15) is 0 Å². The number of hydrogen-bond acceptors (Lipinski definition) is 2. The van der Waals surface area contributed by atoms with E-state index in [1.165, 1.54) is 0 Å². The van der Waals surface area contributed by atoms with E-state index in [1.54, 1.807) is 0 Å². The molecule has 0 aromatic heterocycles. The molecule has 0 aliphatic rings. The number of aldehydes is 2. The van der Waals surface area contributed by atoms with Crippen molar-refractivity contribution in [2.45, 2.75) is 0 Å². The van der Waals surface area contributed by atoms with Crippen LogP contribution < -0.4 is 0 Å². The first-order chi connectivity index (χ1) is 21.8. The second-order valence-electron chi connectivity index (χ2n) is 10.4. The van der Waals surface area contributed by atoms with Crippen molar-refractivity contribution < 1.29 is 9.59 Å². The largest absolute Gasteiger partial charge is 0.298 e. The maximum atomic E-state index is 11.6. The predicted molar refractivity (Wildman–Crippen MR) is 181 cm³/mol. The minimum Gasteiger partial charge on any atom is -0.298 e. The van der Waals surface area contributed by atoms with Gasteiger partial charge in [0.25, 0.3) is 0 Å². The summed E-state index contributed by atoms with van der Waals surface area (Å²) in [6.45, 7) is 0. The Morgan fingerprint density at radius 3 is 0.818 bits per heavy atom. The van der Waals surface area contributed by atoms with E-state index in [-0.39, 0.29) is 0 Å². The third kappa shape index (κ3) is 6.01. The third-order valence-electron chi connectivity index (χ3n) is 7.67. The van der Waals surface area contributed by atoms with Crippen molar-refractivity contribution >= 4 is 34.9 Å². The Bertz CT molecular complexity index is 1770. The predicted octanol–water partition coefficient (Wildman–Crippen LogP) is 9.93. The number of rotatable bonds is 9. The van der Waals surface area contributed by atoms with Gasteiger partial charge in [-0.15, -0.1) is 0 Å². The normalized spacial score (nSPS) is 12.1. The summed E-state index contributed by atoms with van der Waals surface area (Å²) in [6, 6.07) is 57.3. The summed E-state index contributed by atoms with van der Waals surface area (Å²) in [6.07, 6.45) is 1.75. The first-order valence-corrected chi connectivity index (χ1v) is 14.6. The van der Waals surface area contributed by atoms with Crippen LogP contribution in [-0.2, 0) is 0 Å². The number of carbonyl (C=O) groups excluding carboxylic acids is 2. The Kier molecular flexibility index (Phi) is 8.62. The highest BCUT2D eigenvalue weighted by Crippen LogP contribution is 2.46. The van der Waals surface area contributed by atoms with Gasteiger partial charge in [0.1, 0.15) is 12.6 Å². The molecule has 0 saturated carbocycles. The second-order valence-corrected chi connectivity index (χ2v) is 10.4. The topological polar surface area (TPSA) is 34.1 Å². The molecule has 0 aliphatic carbocycles. The molecule has 0 saturated heterocycles. The van der Waals surface area contributed by atoms with E-state index in [4.69, 9.17) is 0 Å². The molecule has 6 aromatic rings. The van der Waals surface area contributed by atoms with E-state index in [1.807, 2.05) is 72.8 Å². The lowest BCUT2D eigenvalue weighted by atomic mass is 9.78. The number of hydrogen-bond donors (Lipinski definition) is 0. The van der Waals surface area contributed by atoms with Crippen LogP contribution in [0.2, 0.25) is 0 Å². The average Bonchev–Trinajstić information content (AvgIpc) is 3.11. The lowest BCUT2D eigenvalue weighted by Gasteiger charge is -2.24. The molecule has 6 aromatic carbocycles. The van der Waals surface area contributed by atoms with E-state index in [0.29, 0.717) is 11.1 Å². The Labute approximate surface area is 258 Å². The molecule has 0 aliphatic heterocycles. The highest BCUT2D eigenvalue weighted by atomic mass is 16.1. The first kappa shape index (κ1) is 28.3. The molecule has 210 valence electrons. The van der Waals surface area contributed by atoms with Gasteiger partial charge in [-0.1, -0.05) is 170 Å². The molecule has 0 N–H and O–H groups in total. The van der Waals surface area contributed by atoms with Gasteiger partial charge in [-0.3, -0.25) is 9.59 Å². The lowest BCUT2D eigenvalue weighted by molar-refractivity contribution is 0.111. The van der Waals surface area contributed by atoms with Crippen molar-refractivity contribution in [3.8, 4) is 0 Å². The zero-order valence-electron chi connectivity index (χ0n) is 24.1. The van der Waals surface area contributed by atoms with Gasteiger partial charge in [-0.05, 0) is 55.7 Å². The van der Waals surface area contributed by atoms with Crippen molar-refractivity contribution in [2.75, 3.05) is 0 Å². The van der Waals surface area contributed by atoms with Crippen LogP contribution in [0.15, 0.2) is 170 Å². The van der Waals surface area contributed by atoms with Gasteiger partial charge in [0, 0.05) is 11.1 Å². The quantitative estimate of drug-likeness (QED) is 0.0991. The summed E-state index contributed by atoms with van der Waals surface area (Å²) in [7, 11) is 0. The van der Waals surface area contributed by atoms with Crippen molar-refractivity contribution in [3.05, 3.63) is 214 Å². The molecule has 44 heavy (non-hydrogen) atoms. The van der Waals surface area contributed by atoms with Crippen LogP contribution in [0.4, 0.5) is 0 Å². The second kappa shape index (κ2) is 13.4. The minimum absolute atomic E-state index is 0.626. The van der Waals surface area contributed by atoms with Crippen molar-refractivity contribution in [1.29, 1.82) is 0 Å². The van der Waals surface area contributed by atoms with Gasteiger partial charge in [0.15, 0.2) is 0 Å². The lowest BCUT2D eigenvalue weighted by Crippen LogP contribution is -2.03. The fraction of sp³-hybridized carbons (Fsp3) is 0. The van der Waals surface area contributed by atoms with Gasteiger partial charge in [0.2, 0.25) is 0 Å². The van der Waals surface area contributed by atoms with Crippen LogP contribution in [0.1, 0.15) is 54.1 Å². The summed E-state index contributed by atoms with van der Waals surface area (Å²) in [5.74, 6) is 0. The Hall–Kier alpha value is -5.86. The fourth-order valence-electron chi connectivity index (χ4n) is 5.61. The van der Waals surface area contributed by atoms with E-state index >= 15 is 0 Å². The molecule has 0 bridgehead atoms. The van der Waals surface area contributed by atoms with Crippen molar-refractivity contribution in [3.63, 3.8) is 0 Å². The molecular formula is C42H30O2. The van der Waals surface area contributed by atoms with Crippen LogP contribution in [-0.4, -0.2) is 12.6 Å². The minimum atomic E-state index is 0.626. The maximum absolute atomic E-state index is 11.6. The van der Waals surface area contributed by atoms with Gasteiger partial charge in [-0.25, -0.2) is 0 Å². The highest BCUT2D eigenvalue weighted by molar-refractivity contribution is 6.25. The molecule has 0 unspecified atom stereocenters. The average molecular weight is 567 g/mol.